The Balaban J connectivity index is 1.26. The van der Waals surface area contributed by atoms with Crippen LogP contribution in [0.4, 0.5) is 0 Å². The molecule has 0 spiro atoms. The molecule has 3 aliphatic rings. The first-order valence-electron chi connectivity index (χ1n) is 12.9. The topological polar surface area (TPSA) is 60.9 Å². The molecular weight excluding hydrogens is 434 g/mol. The molecule has 0 N–H and O–H groups in total. The van der Waals surface area contributed by atoms with Gasteiger partial charge in [0.05, 0.1) is 4.90 Å². The number of likely N-dealkylation sites (tertiary alicyclic amines) is 2. The molecular formula is C26H41N3O3S. The molecule has 0 radical (unpaired) electrons. The minimum atomic E-state index is -3.50. The van der Waals surface area contributed by atoms with E-state index in [1.54, 1.807) is 10.4 Å². The molecule has 0 aliphatic carbocycles. The Morgan fingerprint density at radius 1 is 0.879 bits per heavy atom. The summed E-state index contributed by atoms with van der Waals surface area (Å²) < 4.78 is 27.9. The molecule has 1 aromatic rings. The zero-order chi connectivity index (χ0) is 23.4. The Morgan fingerprint density at radius 2 is 1.52 bits per heavy atom. The molecule has 0 unspecified atom stereocenters. The number of benzene rings is 1. The zero-order valence-corrected chi connectivity index (χ0v) is 21.3. The summed E-state index contributed by atoms with van der Waals surface area (Å²) in [6, 6.07) is 5.49. The van der Waals surface area contributed by atoms with Crippen molar-refractivity contribution in [3.8, 4) is 0 Å². The van der Waals surface area contributed by atoms with E-state index in [9.17, 15) is 13.2 Å². The van der Waals surface area contributed by atoms with E-state index in [0.29, 0.717) is 36.7 Å². The van der Waals surface area contributed by atoms with Crippen molar-refractivity contribution in [1.82, 2.24) is 14.1 Å². The lowest BCUT2D eigenvalue weighted by Gasteiger charge is -2.38. The van der Waals surface area contributed by atoms with Crippen LogP contribution < -0.4 is 0 Å². The lowest BCUT2D eigenvalue weighted by atomic mass is 9.92. The molecule has 0 bridgehead atoms. The third kappa shape index (κ3) is 5.98. The molecule has 3 heterocycles. The minimum Gasteiger partial charge on any atom is -0.342 e. The van der Waals surface area contributed by atoms with Gasteiger partial charge in [0.15, 0.2) is 0 Å². The molecule has 33 heavy (non-hydrogen) atoms. The van der Waals surface area contributed by atoms with Gasteiger partial charge < -0.3 is 9.80 Å². The fourth-order valence-electron chi connectivity index (χ4n) is 5.85. The highest BCUT2D eigenvalue weighted by molar-refractivity contribution is 7.89. The van der Waals surface area contributed by atoms with Crippen LogP contribution in [0.25, 0.3) is 0 Å². The summed E-state index contributed by atoms with van der Waals surface area (Å²) in [7, 11) is -3.50. The van der Waals surface area contributed by atoms with Crippen molar-refractivity contribution >= 4 is 15.9 Å². The van der Waals surface area contributed by atoms with Gasteiger partial charge in [0.25, 0.3) is 0 Å². The van der Waals surface area contributed by atoms with Crippen LogP contribution in [0.15, 0.2) is 23.1 Å². The minimum absolute atomic E-state index is 0.0438. The largest absolute Gasteiger partial charge is 0.342 e. The number of nitrogens with zero attached hydrogens (tertiary/aromatic N) is 3. The van der Waals surface area contributed by atoms with E-state index in [1.807, 2.05) is 26.0 Å². The molecule has 1 amide bonds. The van der Waals surface area contributed by atoms with E-state index in [1.165, 1.54) is 45.3 Å². The highest BCUT2D eigenvalue weighted by Gasteiger charge is 2.35. The third-order valence-electron chi connectivity index (χ3n) is 7.89. The van der Waals surface area contributed by atoms with Crippen LogP contribution in [0.5, 0.6) is 0 Å². The summed E-state index contributed by atoms with van der Waals surface area (Å²) in [5, 5.41) is 0. The maximum Gasteiger partial charge on any atom is 0.243 e. The first-order valence-corrected chi connectivity index (χ1v) is 14.4. The van der Waals surface area contributed by atoms with Crippen molar-refractivity contribution in [3.05, 3.63) is 29.3 Å². The van der Waals surface area contributed by atoms with E-state index < -0.39 is 10.0 Å². The van der Waals surface area contributed by atoms with E-state index in [2.05, 4.69) is 9.80 Å². The van der Waals surface area contributed by atoms with Gasteiger partial charge in [-0.3, -0.25) is 4.79 Å². The van der Waals surface area contributed by atoms with Gasteiger partial charge in [0, 0.05) is 38.6 Å². The number of aryl methyl sites for hydroxylation is 2. The lowest BCUT2D eigenvalue weighted by Crippen LogP contribution is -2.47. The van der Waals surface area contributed by atoms with Gasteiger partial charge in [0.2, 0.25) is 15.9 Å². The predicted octanol–water partition coefficient (Wildman–Crippen LogP) is 3.82. The summed E-state index contributed by atoms with van der Waals surface area (Å²) in [4.78, 5) is 18.2. The molecule has 6 nitrogen and oxygen atoms in total. The van der Waals surface area contributed by atoms with Gasteiger partial charge in [-0.05, 0) is 83.0 Å². The number of carbonyl (C=O) groups excluding carboxylic acids is 1. The average Bonchev–Trinajstić information content (AvgIpc) is 3.07. The highest BCUT2D eigenvalue weighted by Crippen LogP contribution is 2.29. The Labute approximate surface area is 200 Å². The molecule has 7 heteroatoms. The number of hydrogen-bond donors (Lipinski definition) is 0. The number of amides is 1. The smallest absolute Gasteiger partial charge is 0.243 e. The van der Waals surface area contributed by atoms with E-state index in [4.69, 9.17) is 0 Å². The standard InChI is InChI=1S/C26H41N3O3S/c1-21-7-8-25(22(2)19-21)33(31,32)29-17-11-24(12-18-29)26(30)28-15-9-23(10-16-28)20-27-13-5-3-4-6-14-27/h7-8,19,23-24H,3-6,9-18,20H2,1-2H3. The molecule has 0 atom stereocenters. The fraction of sp³-hybridized carbons (Fsp3) is 0.731. The predicted molar refractivity (Wildman–Crippen MR) is 132 cm³/mol. The summed E-state index contributed by atoms with van der Waals surface area (Å²) in [6.07, 6.45) is 8.84. The lowest BCUT2D eigenvalue weighted by molar-refractivity contribution is -0.138. The zero-order valence-electron chi connectivity index (χ0n) is 20.5. The van der Waals surface area contributed by atoms with Crippen LogP contribution in [0, 0.1) is 25.7 Å². The van der Waals surface area contributed by atoms with Crippen molar-refractivity contribution in [2.75, 3.05) is 45.8 Å². The SMILES string of the molecule is Cc1ccc(S(=O)(=O)N2CCC(C(=O)N3CCC(CN4CCCCCC4)CC3)CC2)c(C)c1. The van der Waals surface area contributed by atoms with Crippen molar-refractivity contribution < 1.29 is 13.2 Å². The Kier molecular flexibility index (Phi) is 8.13. The number of piperidine rings is 2. The van der Waals surface area contributed by atoms with Gasteiger partial charge in [-0.15, -0.1) is 0 Å². The molecule has 184 valence electrons. The number of rotatable bonds is 5. The van der Waals surface area contributed by atoms with Gasteiger partial charge in [0.1, 0.15) is 0 Å². The summed E-state index contributed by atoms with van der Waals surface area (Å²) >= 11 is 0. The van der Waals surface area contributed by atoms with E-state index in [-0.39, 0.29) is 11.8 Å². The Morgan fingerprint density at radius 3 is 2.12 bits per heavy atom. The second-order valence-corrected chi connectivity index (χ2v) is 12.3. The molecule has 0 aromatic heterocycles. The van der Waals surface area contributed by atoms with Crippen LogP contribution in [0.3, 0.4) is 0 Å². The van der Waals surface area contributed by atoms with E-state index in [0.717, 1.165) is 37.1 Å². The fourth-order valence-corrected chi connectivity index (χ4v) is 7.52. The van der Waals surface area contributed by atoms with Crippen LogP contribution in [-0.2, 0) is 14.8 Å². The summed E-state index contributed by atoms with van der Waals surface area (Å²) in [5.41, 5.74) is 1.85. The van der Waals surface area contributed by atoms with Gasteiger partial charge in [-0.25, -0.2) is 8.42 Å². The molecule has 3 fully saturated rings. The average molecular weight is 476 g/mol. The molecule has 4 rings (SSSR count). The Hall–Kier alpha value is -1.44. The van der Waals surface area contributed by atoms with Crippen molar-refractivity contribution in [3.63, 3.8) is 0 Å². The normalized spacial score (nSPS) is 22.9. The summed E-state index contributed by atoms with van der Waals surface area (Å²) in [6.45, 7) is 10.1. The number of sulfonamides is 1. The quantitative estimate of drug-likeness (QED) is 0.650. The second-order valence-electron chi connectivity index (χ2n) is 10.4. The van der Waals surface area contributed by atoms with Gasteiger partial charge >= 0.3 is 0 Å². The van der Waals surface area contributed by atoms with Gasteiger partial charge in [-0.2, -0.15) is 4.31 Å². The monoisotopic (exact) mass is 475 g/mol. The maximum absolute atomic E-state index is 13.2. The van der Waals surface area contributed by atoms with Crippen LogP contribution in [0.1, 0.15) is 62.5 Å². The van der Waals surface area contributed by atoms with Crippen LogP contribution >= 0.6 is 0 Å². The number of hydrogen-bond acceptors (Lipinski definition) is 4. The Bertz CT molecular complexity index is 909. The van der Waals surface area contributed by atoms with Crippen molar-refractivity contribution in [2.45, 2.75) is 70.1 Å². The van der Waals surface area contributed by atoms with Crippen LogP contribution in [0.2, 0.25) is 0 Å². The maximum atomic E-state index is 13.2. The summed E-state index contributed by atoms with van der Waals surface area (Å²) in [5.74, 6) is 0.904. The third-order valence-corrected chi connectivity index (χ3v) is 9.95. The second kappa shape index (κ2) is 10.9. The van der Waals surface area contributed by atoms with Crippen LogP contribution in [-0.4, -0.2) is 74.2 Å². The molecule has 3 aliphatic heterocycles. The van der Waals surface area contributed by atoms with E-state index >= 15 is 0 Å². The van der Waals surface area contributed by atoms with Crippen molar-refractivity contribution in [1.29, 1.82) is 0 Å². The molecule has 0 saturated carbocycles. The first kappa shape index (κ1) is 24.7. The highest BCUT2D eigenvalue weighted by atomic mass is 32.2. The number of carbonyl (C=O) groups is 1. The van der Waals surface area contributed by atoms with Gasteiger partial charge in [-0.1, -0.05) is 30.5 Å². The molecule has 1 aromatic carbocycles. The first-order chi connectivity index (χ1) is 15.8. The molecule has 3 saturated heterocycles. The van der Waals surface area contributed by atoms with Crippen molar-refractivity contribution in [2.24, 2.45) is 11.8 Å².